The number of fused-ring (bicyclic) bond motifs is 3. The predicted octanol–water partition coefficient (Wildman–Crippen LogP) is 6.78. The van der Waals surface area contributed by atoms with Crippen LogP contribution in [0, 0.1) is 12.7 Å². The predicted molar refractivity (Wildman–Crippen MR) is 117 cm³/mol. The number of aryl methyl sites for hydroxylation is 2. The third-order valence-corrected chi connectivity index (χ3v) is 6.29. The van der Waals surface area contributed by atoms with Crippen molar-refractivity contribution in [2.75, 3.05) is 5.32 Å². The van der Waals surface area contributed by atoms with E-state index < -0.39 is 23.3 Å². The van der Waals surface area contributed by atoms with Gasteiger partial charge in [0.25, 0.3) is 5.92 Å². The summed E-state index contributed by atoms with van der Waals surface area (Å²) in [5.74, 6) is -3.23. The number of nitrogens with one attached hydrogen (secondary N) is 1. The molecular formula is C23H21BrF3N3. The molecule has 1 atom stereocenters. The van der Waals surface area contributed by atoms with E-state index in [2.05, 4.69) is 37.8 Å². The second kappa shape index (κ2) is 7.69. The summed E-state index contributed by atoms with van der Waals surface area (Å²) in [6.07, 6.45) is 3.48. The second-order valence-corrected chi connectivity index (χ2v) is 8.44. The molecule has 156 valence electrons. The molecule has 0 spiro atoms. The van der Waals surface area contributed by atoms with Gasteiger partial charge in [0.15, 0.2) is 0 Å². The topological polar surface area (TPSA) is 37.8 Å². The van der Waals surface area contributed by atoms with Crippen LogP contribution in [-0.2, 0) is 18.8 Å². The molecule has 0 fully saturated rings. The Morgan fingerprint density at radius 1 is 1.23 bits per heavy atom. The molecule has 0 radical (unpaired) electrons. The summed E-state index contributed by atoms with van der Waals surface area (Å²) >= 11 is 3.65. The summed E-state index contributed by atoms with van der Waals surface area (Å²) in [5, 5.41) is 4.04. The van der Waals surface area contributed by atoms with Gasteiger partial charge in [-0.2, -0.15) is 8.78 Å². The Balaban J connectivity index is 1.78. The molecule has 0 saturated carbocycles. The lowest BCUT2D eigenvalue weighted by Crippen LogP contribution is -2.16. The molecule has 1 aromatic heterocycles. The van der Waals surface area contributed by atoms with Gasteiger partial charge in [0.2, 0.25) is 0 Å². The average molecular weight is 476 g/mol. The van der Waals surface area contributed by atoms with Gasteiger partial charge in [-0.1, -0.05) is 34.6 Å². The quantitative estimate of drug-likeness (QED) is 0.413. The number of nitrogens with zero attached hydrogens (tertiary/aromatic N) is 2. The number of rotatable bonds is 5. The van der Waals surface area contributed by atoms with E-state index in [1.807, 2.05) is 13.0 Å². The monoisotopic (exact) mass is 475 g/mol. The number of benzene rings is 2. The minimum Gasteiger partial charge on any atom is -0.363 e. The first-order valence-electron chi connectivity index (χ1n) is 9.78. The van der Waals surface area contributed by atoms with Crippen LogP contribution >= 0.6 is 15.9 Å². The molecule has 1 aliphatic rings. The van der Waals surface area contributed by atoms with Crippen molar-refractivity contribution in [2.45, 2.75) is 45.1 Å². The lowest BCUT2D eigenvalue weighted by atomic mass is 9.99. The normalized spacial score (nSPS) is 14.6. The fourth-order valence-corrected chi connectivity index (χ4v) is 4.74. The number of alkyl halides is 2. The van der Waals surface area contributed by atoms with Crippen molar-refractivity contribution in [3.63, 3.8) is 0 Å². The zero-order valence-corrected chi connectivity index (χ0v) is 18.3. The van der Waals surface area contributed by atoms with Crippen LogP contribution < -0.4 is 5.32 Å². The molecule has 0 amide bonds. The highest BCUT2D eigenvalue weighted by atomic mass is 79.9. The molecule has 0 aliphatic heterocycles. The highest BCUT2D eigenvalue weighted by Crippen LogP contribution is 2.38. The molecule has 7 heteroatoms. The SMILES string of the molecule is C=CC(F)(F)c1cccc([C@@H](C)Nc2nc(C)nc3c4c(c(Br)cc23)CCC4)c1F. The van der Waals surface area contributed by atoms with Crippen LogP contribution in [-0.4, -0.2) is 9.97 Å². The molecule has 0 unspecified atom stereocenters. The molecule has 0 bridgehead atoms. The van der Waals surface area contributed by atoms with Crippen LogP contribution in [0.5, 0.6) is 0 Å². The Bertz CT molecular complexity index is 1160. The second-order valence-electron chi connectivity index (χ2n) is 7.59. The molecule has 3 aromatic rings. The van der Waals surface area contributed by atoms with Gasteiger partial charge in [-0.3, -0.25) is 0 Å². The van der Waals surface area contributed by atoms with Crippen molar-refractivity contribution in [1.82, 2.24) is 9.97 Å². The van der Waals surface area contributed by atoms with E-state index in [4.69, 9.17) is 0 Å². The van der Waals surface area contributed by atoms with Crippen molar-refractivity contribution in [3.8, 4) is 0 Å². The van der Waals surface area contributed by atoms with Crippen molar-refractivity contribution in [3.05, 3.63) is 75.3 Å². The van der Waals surface area contributed by atoms with Crippen LogP contribution in [0.25, 0.3) is 10.9 Å². The Labute approximate surface area is 181 Å². The third kappa shape index (κ3) is 3.49. The average Bonchev–Trinajstić information content (AvgIpc) is 3.20. The highest BCUT2D eigenvalue weighted by Gasteiger charge is 2.32. The Kier molecular flexibility index (Phi) is 5.34. The summed E-state index contributed by atoms with van der Waals surface area (Å²) in [5.41, 5.74) is 2.82. The lowest BCUT2D eigenvalue weighted by Gasteiger charge is -2.21. The molecule has 3 nitrogen and oxygen atoms in total. The fraction of sp³-hybridized carbons (Fsp3) is 0.304. The van der Waals surface area contributed by atoms with Gasteiger partial charge in [0.1, 0.15) is 17.5 Å². The van der Waals surface area contributed by atoms with E-state index >= 15 is 0 Å². The van der Waals surface area contributed by atoms with Crippen molar-refractivity contribution >= 4 is 32.7 Å². The van der Waals surface area contributed by atoms with Crippen LogP contribution in [0.3, 0.4) is 0 Å². The van der Waals surface area contributed by atoms with Crippen LogP contribution in [0.2, 0.25) is 0 Å². The molecule has 2 aromatic carbocycles. The largest absolute Gasteiger partial charge is 0.363 e. The zero-order valence-electron chi connectivity index (χ0n) is 16.7. The maximum atomic E-state index is 14.9. The van der Waals surface area contributed by atoms with Gasteiger partial charge in [-0.15, -0.1) is 0 Å². The van der Waals surface area contributed by atoms with Gasteiger partial charge < -0.3 is 5.32 Å². The van der Waals surface area contributed by atoms with Crippen molar-refractivity contribution in [2.24, 2.45) is 0 Å². The summed E-state index contributed by atoms with van der Waals surface area (Å²) in [7, 11) is 0. The number of halogens is 4. The lowest BCUT2D eigenvalue weighted by molar-refractivity contribution is 0.0483. The maximum Gasteiger partial charge on any atom is 0.294 e. The zero-order chi connectivity index (χ0) is 21.6. The Morgan fingerprint density at radius 3 is 2.70 bits per heavy atom. The van der Waals surface area contributed by atoms with Gasteiger partial charge in [0, 0.05) is 15.4 Å². The molecule has 1 heterocycles. The van der Waals surface area contributed by atoms with Gasteiger partial charge in [-0.05, 0) is 62.4 Å². The first kappa shape index (κ1) is 20.8. The highest BCUT2D eigenvalue weighted by molar-refractivity contribution is 9.10. The fourth-order valence-electron chi connectivity index (χ4n) is 4.07. The van der Waals surface area contributed by atoms with E-state index in [-0.39, 0.29) is 5.56 Å². The summed E-state index contributed by atoms with van der Waals surface area (Å²) < 4.78 is 44.0. The van der Waals surface area contributed by atoms with E-state index in [9.17, 15) is 13.2 Å². The standard InChI is InChI=1S/C23H21BrF3N3/c1-4-23(26,27)18-10-6-7-14(20(18)25)12(2)28-22-17-11-19(24)15-8-5-9-16(15)21(17)29-13(3)30-22/h4,6-7,10-12H,1,5,8-9H2,2-3H3,(H,28,29,30)/t12-/m1/s1. The number of allylic oxidation sites excluding steroid dienone is 1. The summed E-state index contributed by atoms with van der Waals surface area (Å²) in [4.78, 5) is 9.17. The minimum atomic E-state index is -3.44. The van der Waals surface area contributed by atoms with Crippen LogP contribution in [0.15, 0.2) is 41.4 Å². The summed E-state index contributed by atoms with van der Waals surface area (Å²) in [6, 6.07) is 5.40. The molecular weight excluding hydrogens is 455 g/mol. The van der Waals surface area contributed by atoms with E-state index in [0.717, 1.165) is 40.7 Å². The van der Waals surface area contributed by atoms with E-state index in [1.165, 1.54) is 23.3 Å². The minimum absolute atomic E-state index is 0.138. The molecule has 1 N–H and O–H groups in total. The Morgan fingerprint density at radius 2 is 1.97 bits per heavy atom. The van der Waals surface area contributed by atoms with Gasteiger partial charge >= 0.3 is 0 Å². The van der Waals surface area contributed by atoms with Gasteiger partial charge in [-0.25, -0.2) is 14.4 Å². The first-order chi connectivity index (χ1) is 14.2. The molecule has 4 rings (SSSR count). The third-order valence-electron chi connectivity index (χ3n) is 5.58. The summed E-state index contributed by atoms with van der Waals surface area (Å²) in [6.45, 7) is 6.65. The number of anilines is 1. The molecule has 30 heavy (non-hydrogen) atoms. The molecule has 0 saturated heterocycles. The Hall–Kier alpha value is -2.41. The van der Waals surface area contributed by atoms with Gasteiger partial charge in [0.05, 0.1) is 17.1 Å². The smallest absolute Gasteiger partial charge is 0.294 e. The van der Waals surface area contributed by atoms with Crippen molar-refractivity contribution < 1.29 is 13.2 Å². The van der Waals surface area contributed by atoms with E-state index in [1.54, 1.807) is 6.92 Å². The van der Waals surface area contributed by atoms with Crippen molar-refractivity contribution in [1.29, 1.82) is 0 Å². The van der Waals surface area contributed by atoms with Crippen LogP contribution in [0.4, 0.5) is 19.0 Å². The number of hydrogen-bond donors (Lipinski definition) is 1. The number of hydrogen-bond acceptors (Lipinski definition) is 3. The number of aromatic nitrogens is 2. The first-order valence-corrected chi connectivity index (χ1v) is 10.6. The maximum absolute atomic E-state index is 14.9. The molecule has 1 aliphatic carbocycles. The van der Waals surface area contributed by atoms with E-state index in [0.29, 0.717) is 17.7 Å². The van der Waals surface area contributed by atoms with Crippen LogP contribution in [0.1, 0.15) is 47.5 Å².